The van der Waals surface area contributed by atoms with Crippen molar-refractivity contribution in [2.24, 2.45) is 0 Å². The number of fused-ring (bicyclic) bond motifs is 1. The Bertz CT molecular complexity index is 1520. The standard InChI is InChI=1S/C27H21Cl2N5O/c1-17-6-4-11-25(32-17)27-21(18-12-13-30-24-10-3-2-7-19(18)24)15-34(33-27)16-26(35)31-14-20-22(28)8-5-9-23(20)29/h2-13,15H,14,16H2,1H3,(H,31,35). The molecule has 174 valence electrons. The van der Waals surface area contributed by atoms with E-state index in [9.17, 15) is 4.79 Å². The molecule has 5 aromatic rings. The van der Waals surface area contributed by atoms with Crippen molar-refractivity contribution in [3.8, 4) is 22.5 Å². The number of rotatable bonds is 6. The van der Waals surface area contributed by atoms with E-state index in [0.717, 1.165) is 33.4 Å². The van der Waals surface area contributed by atoms with Crippen molar-refractivity contribution >= 4 is 40.0 Å². The van der Waals surface area contributed by atoms with Gasteiger partial charge < -0.3 is 5.32 Å². The number of aryl methyl sites for hydroxylation is 1. The van der Waals surface area contributed by atoms with Gasteiger partial charge in [-0.15, -0.1) is 0 Å². The zero-order chi connectivity index (χ0) is 24.4. The maximum Gasteiger partial charge on any atom is 0.242 e. The summed E-state index contributed by atoms with van der Waals surface area (Å²) in [7, 11) is 0. The second kappa shape index (κ2) is 9.86. The molecule has 0 atom stereocenters. The molecule has 1 N–H and O–H groups in total. The van der Waals surface area contributed by atoms with E-state index in [0.29, 0.717) is 21.3 Å². The van der Waals surface area contributed by atoms with Crippen molar-refractivity contribution in [3.63, 3.8) is 0 Å². The molecule has 2 aromatic carbocycles. The van der Waals surface area contributed by atoms with Gasteiger partial charge in [0, 0.05) is 51.2 Å². The van der Waals surface area contributed by atoms with Crippen LogP contribution in [-0.2, 0) is 17.9 Å². The normalized spacial score (nSPS) is 11.1. The van der Waals surface area contributed by atoms with Gasteiger partial charge in [0.15, 0.2) is 0 Å². The number of aromatic nitrogens is 4. The summed E-state index contributed by atoms with van der Waals surface area (Å²) >= 11 is 12.5. The summed E-state index contributed by atoms with van der Waals surface area (Å²) in [6.07, 6.45) is 3.66. The number of carbonyl (C=O) groups is 1. The zero-order valence-electron chi connectivity index (χ0n) is 18.9. The van der Waals surface area contributed by atoms with Gasteiger partial charge >= 0.3 is 0 Å². The number of nitrogens with one attached hydrogen (secondary N) is 1. The summed E-state index contributed by atoms with van der Waals surface area (Å²) in [6.45, 7) is 2.20. The van der Waals surface area contributed by atoms with Crippen LogP contribution in [-0.4, -0.2) is 25.7 Å². The molecule has 1 amide bonds. The number of hydrogen-bond donors (Lipinski definition) is 1. The van der Waals surface area contributed by atoms with E-state index in [1.807, 2.05) is 61.7 Å². The van der Waals surface area contributed by atoms with Crippen LogP contribution < -0.4 is 5.32 Å². The first kappa shape index (κ1) is 23.0. The topological polar surface area (TPSA) is 72.7 Å². The molecule has 35 heavy (non-hydrogen) atoms. The molecule has 0 aliphatic carbocycles. The molecule has 0 unspecified atom stereocenters. The van der Waals surface area contributed by atoms with Gasteiger partial charge in [0.25, 0.3) is 0 Å². The van der Waals surface area contributed by atoms with Crippen molar-refractivity contribution in [1.29, 1.82) is 0 Å². The molecule has 0 aliphatic rings. The van der Waals surface area contributed by atoms with Crippen molar-refractivity contribution in [3.05, 3.63) is 100 Å². The van der Waals surface area contributed by atoms with Gasteiger partial charge in [-0.1, -0.05) is 53.5 Å². The van der Waals surface area contributed by atoms with E-state index in [1.165, 1.54) is 0 Å². The Morgan fingerprint density at radius 1 is 0.943 bits per heavy atom. The zero-order valence-corrected chi connectivity index (χ0v) is 20.4. The third kappa shape index (κ3) is 4.90. The van der Waals surface area contributed by atoms with Crippen LogP contribution in [0.1, 0.15) is 11.3 Å². The SMILES string of the molecule is Cc1cccc(-c2nn(CC(=O)NCc3c(Cl)cccc3Cl)cc2-c2ccnc3ccccc23)n1. The number of amides is 1. The van der Waals surface area contributed by atoms with E-state index in [4.69, 9.17) is 28.3 Å². The van der Waals surface area contributed by atoms with Gasteiger partial charge in [0.05, 0.1) is 11.2 Å². The Morgan fingerprint density at radius 3 is 2.51 bits per heavy atom. The molecule has 0 spiro atoms. The van der Waals surface area contributed by atoms with Crippen molar-refractivity contribution < 1.29 is 4.79 Å². The van der Waals surface area contributed by atoms with Gasteiger partial charge in [-0.3, -0.25) is 19.4 Å². The van der Waals surface area contributed by atoms with E-state index in [1.54, 1.807) is 29.1 Å². The minimum Gasteiger partial charge on any atom is -0.350 e. The highest BCUT2D eigenvalue weighted by atomic mass is 35.5. The molecule has 3 heterocycles. The minimum atomic E-state index is -0.210. The van der Waals surface area contributed by atoms with Crippen molar-refractivity contribution in [2.75, 3.05) is 0 Å². The fourth-order valence-corrected chi connectivity index (χ4v) is 4.52. The summed E-state index contributed by atoms with van der Waals surface area (Å²) in [4.78, 5) is 21.9. The van der Waals surface area contributed by atoms with Crippen LogP contribution in [0, 0.1) is 6.92 Å². The van der Waals surface area contributed by atoms with Crippen LogP contribution >= 0.6 is 23.2 Å². The number of para-hydroxylation sites is 1. The first-order valence-electron chi connectivity index (χ1n) is 11.0. The second-order valence-corrected chi connectivity index (χ2v) is 8.92. The van der Waals surface area contributed by atoms with Gasteiger partial charge in [-0.05, 0) is 48.9 Å². The van der Waals surface area contributed by atoms with Crippen LogP contribution in [0.25, 0.3) is 33.4 Å². The average molecular weight is 502 g/mol. The number of halogens is 2. The Morgan fingerprint density at radius 2 is 1.71 bits per heavy atom. The summed E-state index contributed by atoms with van der Waals surface area (Å²) in [5, 5.41) is 9.66. The fourth-order valence-electron chi connectivity index (χ4n) is 3.99. The largest absolute Gasteiger partial charge is 0.350 e. The first-order chi connectivity index (χ1) is 17.0. The molecule has 3 aromatic heterocycles. The molecule has 8 heteroatoms. The Kier molecular flexibility index (Phi) is 6.49. The maximum atomic E-state index is 12.8. The van der Waals surface area contributed by atoms with Gasteiger partial charge in [0.1, 0.15) is 12.2 Å². The first-order valence-corrected chi connectivity index (χ1v) is 11.8. The lowest BCUT2D eigenvalue weighted by atomic mass is 10.0. The van der Waals surface area contributed by atoms with Crippen LogP contribution in [0.15, 0.2) is 79.1 Å². The van der Waals surface area contributed by atoms with Gasteiger partial charge in [-0.25, -0.2) is 0 Å². The average Bonchev–Trinajstić information content (AvgIpc) is 3.27. The predicted molar refractivity (Wildman–Crippen MR) is 139 cm³/mol. The summed E-state index contributed by atoms with van der Waals surface area (Å²) in [6, 6.07) is 21.0. The maximum absolute atomic E-state index is 12.8. The summed E-state index contributed by atoms with van der Waals surface area (Å²) < 4.78 is 1.63. The molecule has 6 nitrogen and oxygen atoms in total. The Labute approximate surface area is 212 Å². The lowest BCUT2D eigenvalue weighted by Gasteiger charge is -2.09. The molecule has 5 rings (SSSR count). The van der Waals surface area contributed by atoms with Gasteiger partial charge in [0.2, 0.25) is 5.91 Å². The van der Waals surface area contributed by atoms with E-state index < -0.39 is 0 Å². The monoisotopic (exact) mass is 501 g/mol. The van der Waals surface area contributed by atoms with Gasteiger partial charge in [-0.2, -0.15) is 5.10 Å². The number of nitrogens with zero attached hydrogens (tertiary/aromatic N) is 4. The number of pyridine rings is 2. The summed E-state index contributed by atoms with van der Waals surface area (Å²) in [5.74, 6) is -0.210. The van der Waals surface area contributed by atoms with Crippen LogP contribution in [0.5, 0.6) is 0 Å². The lowest BCUT2D eigenvalue weighted by molar-refractivity contribution is -0.122. The molecule has 0 saturated heterocycles. The summed E-state index contributed by atoms with van der Waals surface area (Å²) in [5.41, 5.74) is 5.74. The molecule has 0 fully saturated rings. The van der Waals surface area contributed by atoms with E-state index in [-0.39, 0.29) is 19.0 Å². The highest BCUT2D eigenvalue weighted by molar-refractivity contribution is 6.36. The van der Waals surface area contributed by atoms with Crippen LogP contribution in [0.3, 0.4) is 0 Å². The fraction of sp³-hybridized carbons (Fsp3) is 0.111. The highest BCUT2D eigenvalue weighted by Crippen LogP contribution is 2.34. The third-order valence-electron chi connectivity index (χ3n) is 5.66. The van der Waals surface area contributed by atoms with Crippen molar-refractivity contribution in [1.82, 2.24) is 25.1 Å². The molecule has 0 aliphatic heterocycles. The Balaban J connectivity index is 1.49. The van der Waals surface area contributed by atoms with E-state index >= 15 is 0 Å². The smallest absolute Gasteiger partial charge is 0.242 e. The molecule has 0 saturated carbocycles. The highest BCUT2D eigenvalue weighted by Gasteiger charge is 2.18. The third-order valence-corrected chi connectivity index (χ3v) is 6.37. The number of carbonyl (C=O) groups excluding carboxylic acids is 1. The van der Waals surface area contributed by atoms with Crippen LogP contribution in [0.2, 0.25) is 10.0 Å². The lowest BCUT2D eigenvalue weighted by Crippen LogP contribution is -2.27. The Hall–Kier alpha value is -3.74. The quantitative estimate of drug-likeness (QED) is 0.305. The second-order valence-electron chi connectivity index (χ2n) is 8.11. The minimum absolute atomic E-state index is 0.0317. The predicted octanol–water partition coefficient (Wildman–Crippen LogP) is 6.09. The number of hydrogen-bond acceptors (Lipinski definition) is 4. The molecule has 0 bridgehead atoms. The molecular weight excluding hydrogens is 481 g/mol. The van der Waals surface area contributed by atoms with Crippen molar-refractivity contribution in [2.45, 2.75) is 20.0 Å². The van der Waals surface area contributed by atoms with E-state index in [2.05, 4.69) is 15.3 Å². The molecular formula is C27H21Cl2N5O. The number of benzene rings is 2. The van der Waals surface area contributed by atoms with Crippen LogP contribution in [0.4, 0.5) is 0 Å². The molecule has 0 radical (unpaired) electrons.